The molecular weight excluding hydrogens is 589 g/mol. The quantitative estimate of drug-likeness (QED) is 0.147. The van der Waals surface area contributed by atoms with Crippen LogP contribution in [0.1, 0.15) is 103 Å². The lowest BCUT2D eigenvalue weighted by atomic mass is 9.75. The molecule has 10 heteroatoms. The first kappa shape index (κ1) is 37.2. The van der Waals surface area contributed by atoms with Gasteiger partial charge in [-0.1, -0.05) is 63.2 Å². The maximum absolute atomic E-state index is 14.5. The summed E-state index contributed by atoms with van der Waals surface area (Å²) in [6, 6.07) is 12.6. The molecule has 6 nitrogen and oxygen atoms in total. The summed E-state index contributed by atoms with van der Waals surface area (Å²) in [5.74, 6) is -3.27. The van der Waals surface area contributed by atoms with Crippen LogP contribution in [0.15, 0.2) is 54.6 Å². The summed E-state index contributed by atoms with van der Waals surface area (Å²) in [6.45, 7) is 19.7. The van der Waals surface area contributed by atoms with Gasteiger partial charge in [0.15, 0.2) is 19.7 Å². The van der Waals surface area contributed by atoms with E-state index in [0.29, 0.717) is 5.56 Å². The predicted octanol–water partition coefficient (Wildman–Crippen LogP) is 8.90. The Kier molecular flexibility index (Phi) is 11.1. The van der Waals surface area contributed by atoms with E-state index in [4.69, 9.17) is 13.9 Å². The second-order valence-corrected chi connectivity index (χ2v) is 19.4. The molecule has 0 fully saturated rings. The van der Waals surface area contributed by atoms with Crippen molar-refractivity contribution in [2.24, 2.45) is 0 Å². The summed E-state index contributed by atoms with van der Waals surface area (Å²) in [5.41, 5.74) is -4.40. The monoisotopic (exact) mass is 636 g/mol. The van der Waals surface area contributed by atoms with Gasteiger partial charge >= 0.3 is 18.1 Å². The lowest BCUT2D eigenvalue weighted by Gasteiger charge is -2.48. The van der Waals surface area contributed by atoms with Gasteiger partial charge in [-0.05, 0) is 77.4 Å². The Labute approximate surface area is 260 Å². The maximum atomic E-state index is 14.5. The topological polar surface area (TPSA) is 78.9 Å². The molecule has 2 atom stereocenters. The number of hydrogen-bond donors (Lipinski definition) is 0. The summed E-state index contributed by atoms with van der Waals surface area (Å²) < 4.78 is 59.2. The van der Waals surface area contributed by atoms with Gasteiger partial charge in [0.25, 0.3) is 0 Å². The van der Waals surface area contributed by atoms with Crippen LogP contribution in [0.3, 0.4) is 0 Å². The second-order valence-electron chi connectivity index (χ2n) is 14.7. The van der Waals surface area contributed by atoms with E-state index in [0.717, 1.165) is 12.1 Å². The van der Waals surface area contributed by atoms with Crippen LogP contribution in [0.25, 0.3) is 0 Å². The van der Waals surface area contributed by atoms with Crippen molar-refractivity contribution in [2.75, 3.05) is 0 Å². The van der Waals surface area contributed by atoms with Crippen LogP contribution >= 0.6 is 0 Å². The van der Waals surface area contributed by atoms with Gasteiger partial charge in [-0.3, -0.25) is 9.59 Å². The molecule has 2 rings (SSSR count). The normalized spacial score (nSPS) is 15.2. The van der Waals surface area contributed by atoms with Gasteiger partial charge in [0.1, 0.15) is 11.2 Å². The average Bonchev–Trinajstić information content (AvgIpc) is 2.83. The SMILES string of the molecule is CC(C)(C)OC(=O)CC(O[Si](C)(C)C(C)(C)C)(C(=O)OC(C)(C)C)C(CC(=O)c1ccccc1)c1ccc(C(F)(F)F)cc1. The number of esters is 2. The molecule has 44 heavy (non-hydrogen) atoms. The lowest BCUT2D eigenvalue weighted by molar-refractivity contribution is -0.185. The van der Waals surface area contributed by atoms with E-state index in [9.17, 15) is 27.6 Å². The molecule has 0 aliphatic heterocycles. The van der Waals surface area contributed by atoms with Crippen molar-refractivity contribution in [3.63, 3.8) is 0 Å². The summed E-state index contributed by atoms with van der Waals surface area (Å²) in [7, 11) is -2.97. The molecule has 0 spiro atoms. The van der Waals surface area contributed by atoms with E-state index in [1.54, 1.807) is 71.9 Å². The number of hydrogen-bond acceptors (Lipinski definition) is 6. The number of rotatable bonds is 10. The van der Waals surface area contributed by atoms with Crippen LogP contribution in [-0.4, -0.2) is 42.8 Å². The van der Waals surface area contributed by atoms with Crippen molar-refractivity contribution in [2.45, 2.75) is 122 Å². The minimum absolute atomic E-state index is 0.218. The Morgan fingerprint density at radius 2 is 1.25 bits per heavy atom. The number of Topliss-reactive ketones (excluding diaryl/α,β-unsaturated/α-hetero) is 1. The summed E-state index contributed by atoms with van der Waals surface area (Å²) in [5, 5.41) is -0.470. The number of benzene rings is 2. The zero-order chi connectivity index (χ0) is 33.9. The molecule has 0 saturated heterocycles. The van der Waals surface area contributed by atoms with E-state index in [1.165, 1.54) is 12.1 Å². The fraction of sp³-hybridized carbons (Fsp3) is 0.559. The number of alkyl halides is 3. The van der Waals surface area contributed by atoms with E-state index in [1.807, 2.05) is 33.9 Å². The minimum Gasteiger partial charge on any atom is -0.460 e. The van der Waals surface area contributed by atoms with Crippen molar-refractivity contribution >= 4 is 26.0 Å². The Hall–Kier alpha value is -2.98. The summed E-state index contributed by atoms with van der Waals surface area (Å²) in [4.78, 5) is 41.9. The van der Waals surface area contributed by atoms with Crippen LogP contribution in [0.4, 0.5) is 13.2 Å². The third-order valence-corrected chi connectivity index (χ3v) is 12.0. The molecule has 0 aliphatic carbocycles. The third-order valence-electron chi connectivity index (χ3n) is 7.50. The first-order valence-corrected chi connectivity index (χ1v) is 17.6. The first-order chi connectivity index (χ1) is 19.8. The van der Waals surface area contributed by atoms with Crippen molar-refractivity contribution in [3.05, 3.63) is 71.3 Å². The number of ketones is 1. The highest BCUT2D eigenvalue weighted by molar-refractivity contribution is 6.74. The van der Waals surface area contributed by atoms with E-state index >= 15 is 0 Å². The molecule has 0 N–H and O–H groups in total. The highest BCUT2D eigenvalue weighted by Gasteiger charge is 2.57. The fourth-order valence-electron chi connectivity index (χ4n) is 4.44. The standard InChI is InChI=1S/C34H47F3O6Si/c1-30(2,3)41-28(39)22-33(29(40)42-31(4,5)6,43-44(10,11)32(7,8)9)26(21-27(38)24-15-13-12-14-16-24)23-17-19-25(20-18-23)34(35,36)37/h12-20,26H,21-22H2,1-11H3. The molecule has 0 aromatic heterocycles. The van der Waals surface area contributed by atoms with Crippen LogP contribution in [0.2, 0.25) is 18.1 Å². The zero-order valence-electron chi connectivity index (χ0n) is 27.8. The highest BCUT2D eigenvalue weighted by atomic mass is 28.4. The van der Waals surface area contributed by atoms with Crippen LogP contribution in [-0.2, 0) is 29.7 Å². The number of carbonyl (C=O) groups is 3. The van der Waals surface area contributed by atoms with E-state index < -0.39 is 66.2 Å². The summed E-state index contributed by atoms with van der Waals surface area (Å²) in [6.07, 6.45) is -5.59. The Bertz CT molecular complexity index is 1300. The molecule has 0 amide bonds. The van der Waals surface area contributed by atoms with Crippen LogP contribution in [0.5, 0.6) is 0 Å². The van der Waals surface area contributed by atoms with Gasteiger partial charge in [0, 0.05) is 17.9 Å². The minimum atomic E-state index is -4.61. The third kappa shape index (κ3) is 10.0. The Morgan fingerprint density at radius 3 is 1.68 bits per heavy atom. The molecule has 0 bridgehead atoms. The number of carbonyl (C=O) groups excluding carboxylic acids is 3. The van der Waals surface area contributed by atoms with Gasteiger partial charge in [-0.15, -0.1) is 0 Å². The van der Waals surface area contributed by atoms with Crippen LogP contribution < -0.4 is 0 Å². The maximum Gasteiger partial charge on any atom is 0.416 e. The summed E-state index contributed by atoms with van der Waals surface area (Å²) >= 11 is 0. The molecule has 0 radical (unpaired) electrons. The van der Waals surface area contributed by atoms with Gasteiger partial charge in [0.2, 0.25) is 0 Å². The molecule has 2 aromatic carbocycles. The number of halogens is 3. The van der Waals surface area contributed by atoms with Gasteiger partial charge < -0.3 is 13.9 Å². The molecule has 2 unspecified atom stereocenters. The molecule has 0 heterocycles. The molecule has 0 aliphatic rings. The largest absolute Gasteiger partial charge is 0.460 e. The van der Waals surface area contributed by atoms with E-state index in [-0.39, 0.29) is 17.8 Å². The fourth-order valence-corrected chi connectivity index (χ4v) is 5.95. The smallest absolute Gasteiger partial charge is 0.416 e. The van der Waals surface area contributed by atoms with Crippen molar-refractivity contribution in [1.82, 2.24) is 0 Å². The predicted molar refractivity (Wildman–Crippen MR) is 167 cm³/mol. The Balaban J connectivity index is 2.98. The number of ether oxygens (including phenoxy) is 2. The van der Waals surface area contributed by atoms with Crippen molar-refractivity contribution in [3.8, 4) is 0 Å². The molecule has 244 valence electrons. The Morgan fingerprint density at radius 1 is 0.750 bits per heavy atom. The van der Waals surface area contributed by atoms with Gasteiger partial charge in [-0.25, -0.2) is 4.79 Å². The second kappa shape index (κ2) is 13.2. The molecule has 2 aromatic rings. The van der Waals surface area contributed by atoms with Crippen molar-refractivity contribution in [1.29, 1.82) is 0 Å². The molecular formula is C34H47F3O6Si. The molecule has 0 saturated carbocycles. The van der Waals surface area contributed by atoms with E-state index in [2.05, 4.69) is 0 Å². The van der Waals surface area contributed by atoms with Gasteiger partial charge in [-0.2, -0.15) is 13.2 Å². The van der Waals surface area contributed by atoms with Gasteiger partial charge in [0.05, 0.1) is 12.0 Å². The van der Waals surface area contributed by atoms with Crippen molar-refractivity contribution < 1.29 is 41.5 Å². The highest BCUT2D eigenvalue weighted by Crippen LogP contribution is 2.48. The first-order valence-electron chi connectivity index (χ1n) is 14.7. The zero-order valence-corrected chi connectivity index (χ0v) is 28.8. The van der Waals surface area contributed by atoms with Crippen LogP contribution in [0, 0.1) is 0 Å². The lowest BCUT2D eigenvalue weighted by Crippen LogP contribution is -2.59. The average molecular weight is 637 g/mol.